The van der Waals surface area contributed by atoms with Crippen LogP contribution in [0.1, 0.15) is 24.9 Å². The van der Waals surface area contributed by atoms with Crippen molar-refractivity contribution in [2.24, 2.45) is 0 Å². The van der Waals surface area contributed by atoms with Crippen molar-refractivity contribution in [2.75, 3.05) is 5.75 Å². The summed E-state index contributed by atoms with van der Waals surface area (Å²) in [7, 11) is -3.50. The summed E-state index contributed by atoms with van der Waals surface area (Å²) >= 11 is 3.40. The summed E-state index contributed by atoms with van der Waals surface area (Å²) in [5.74, 6) is -0.118. The molecule has 2 rings (SSSR count). The molecule has 0 bridgehead atoms. The Morgan fingerprint density at radius 1 is 1.25 bits per heavy atom. The van der Waals surface area contributed by atoms with Gasteiger partial charge in [0.05, 0.1) is 5.75 Å². The number of H-pyrrole nitrogens is 1. The van der Waals surface area contributed by atoms with E-state index < -0.39 is 21.3 Å². The highest BCUT2D eigenvalue weighted by atomic mass is 79.9. The van der Waals surface area contributed by atoms with Gasteiger partial charge in [-0.05, 0) is 25.0 Å². The molecule has 0 amide bonds. The van der Waals surface area contributed by atoms with Crippen molar-refractivity contribution >= 4 is 26.0 Å². The lowest BCUT2D eigenvalue weighted by Gasteiger charge is -2.16. The zero-order valence-corrected chi connectivity index (χ0v) is 15.4. The summed E-state index contributed by atoms with van der Waals surface area (Å²) in [5.41, 5.74) is -0.180. The fourth-order valence-electron chi connectivity index (χ4n) is 2.26. The number of hydrogen-bond acceptors (Lipinski definition) is 4. The molecule has 24 heavy (non-hydrogen) atoms. The topological polar surface area (TPSA) is 101 Å². The Hall–Kier alpha value is -1.71. The molecular formula is C15H18BrN3O4S. The molecular weight excluding hydrogens is 398 g/mol. The number of sulfonamides is 1. The third-order valence-corrected chi connectivity index (χ3v) is 5.70. The molecule has 0 aliphatic rings. The van der Waals surface area contributed by atoms with E-state index in [1.54, 1.807) is 6.92 Å². The van der Waals surface area contributed by atoms with E-state index >= 15 is 0 Å². The average molecular weight is 416 g/mol. The van der Waals surface area contributed by atoms with Gasteiger partial charge in [0.2, 0.25) is 10.0 Å². The van der Waals surface area contributed by atoms with E-state index in [4.69, 9.17) is 0 Å². The third-order valence-electron chi connectivity index (χ3n) is 3.44. The number of nitrogens with one attached hydrogen (secondary N) is 2. The second kappa shape index (κ2) is 7.91. The predicted octanol–water partition coefficient (Wildman–Crippen LogP) is 1.37. The summed E-state index contributed by atoms with van der Waals surface area (Å²) in [6.07, 6.45) is 1.61. The van der Waals surface area contributed by atoms with Crippen molar-refractivity contribution in [1.29, 1.82) is 0 Å². The van der Waals surface area contributed by atoms with Crippen LogP contribution in [0.25, 0.3) is 0 Å². The molecule has 0 radical (unpaired) electrons. The van der Waals surface area contributed by atoms with Gasteiger partial charge in [0.25, 0.3) is 5.56 Å². The first-order valence-corrected chi connectivity index (χ1v) is 9.77. The molecule has 7 nitrogen and oxygen atoms in total. The maximum absolute atomic E-state index is 12.2. The fourth-order valence-corrected chi connectivity index (χ4v) is 4.18. The van der Waals surface area contributed by atoms with Crippen LogP contribution >= 0.6 is 15.9 Å². The Kier molecular flexibility index (Phi) is 6.14. The molecule has 0 aliphatic heterocycles. The van der Waals surface area contributed by atoms with Crippen LogP contribution in [-0.4, -0.2) is 23.7 Å². The van der Waals surface area contributed by atoms with Gasteiger partial charge in [-0.1, -0.05) is 34.1 Å². The van der Waals surface area contributed by atoms with Crippen LogP contribution in [-0.2, 0) is 16.6 Å². The molecule has 2 N–H and O–H groups in total. The fraction of sp³-hybridized carbons (Fsp3) is 0.333. The second-order valence-corrected chi connectivity index (χ2v) is 8.06. The highest BCUT2D eigenvalue weighted by Gasteiger charge is 2.17. The van der Waals surface area contributed by atoms with Crippen molar-refractivity contribution in [3.05, 3.63) is 67.4 Å². The van der Waals surface area contributed by atoms with Crippen LogP contribution in [0.5, 0.6) is 0 Å². The van der Waals surface area contributed by atoms with Gasteiger partial charge < -0.3 is 4.57 Å². The van der Waals surface area contributed by atoms with E-state index in [0.29, 0.717) is 0 Å². The average Bonchev–Trinajstić information content (AvgIpc) is 2.49. The normalized spacial score (nSPS) is 12.9. The molecule has 9 heteroatoms. The van der Waals surface area contributed by atoms with Crippen molar-refractivity contribution in [3.8, 4) is 0 Å². The van der Waals surface area contributed by atoms with Gasteiger partial charge in [0, 0.05) is 29.3 Å². The van der Waals surface area contributed by atoms with E-state index in [9.17, 15) is 18.0 Å². The number of benzene rings is 1. The van der Waals surface area contributed by atoms with Gasteiger partial charge in [-0.2, -0.15) is 0 Å². The minimum absolute atomic E-state index is 0.118. The molecule has 0 aliphatic carbocycles. The van der Waals surface area contributed by atoms with Crippen molar-refractivity contribution in [3.63, 3.8) is 0 Å². The number of nitrogens with zero attached hydrogens (tertiary/aromatic N) is 1. The highest BCUT2D eigenvalue weighted by molar-refractivity contribution is 9.10. The van der Waals surface area contributed by atoms with Gasteiger partial charge >= 0.3 is 5.69 Å². The maximum atomic E-state index is 12.2. The summed E-state index contributed by atoms with van der Waals surface area (Å²) < 4.78 is 29.1. The zero-order chi connectivity index (χ0) is 17.7. The van der Waals surface area contributed by atoms with Crippen molar-refractivity contribution in [1.82, 2.24) is 14.3 Å². The Bertz CT molecular complexity index is 921. The van der Waals surface area contributed by atoms with E-state index in [-0.39, 0.29) is 24.8 Å². The lowest BCUT2D eigenvalue weighted by atomic mass is 10.1. The Morgan fingerprint density at radius 2 is 1.96 bits per heavy atom. The standard InChI is InChI=1S/C15H18BrN3O4S/c1-11(12-5-2-3-6-13(12)16)18-24(22,23)10-4-8-19-9-7-14(20)17-15(19)21/h2-3,5-7,9,11,18H,4,8,10H2,1H3,(H,17,20,21)/t11-/m1/s1. The zero-order valence-electron chi connectivity index (χ0n) is 13.0. The van der Waals surface area contributed by atoms with E-state index in [2.05, 4.69) is 25.6 Å². The highest BCUT2D eigenvalue weighted by Crippen LogP contribution is 2.23. The SMILES string of the molecule is C[C@@H](NS(=O)(=O)CCCn1ccc(=O)[nH]c1=O)c1ccccc1Br. The number of hydrogen-bond donors (Lipinski definition) is 2. The summed E-state index contributed by atoms with van der Waals surface area (Å²) in [6, 6.07) is 8.24. The Labute approximate surface area is 147 Å². The molecule has 0 spiro atoms. The van der Waals surface area contributed by atoms with Gasteiger partial charge in [0.1, 0.15) is 0 Å². The monoisotopic (exact) mass is 415 g/mol. The number of halogens is 1. The Morgan fingerprint density at radius 3 is 2.62 bits per heavy atom. The molecule has 1 heterocycles. The number of rotatable bonds is 7. The minimum atomic E-state index is -3.50. The number of aryl methyl sites for hydroxylation is 1. The first-order valence-electron chi connectivity index (χ1n) is 7.33. The molecule has 1 aromatic carbocycles. The molecule has 1 aromatic heterocycles. The molecule has 0 saturated carbocycles. The van der Waals surface area contributed by atoms with E-state index in [1.807, 2.05) is 24.3 Å². The predicted molar refractivity (Wildman–Crippen MR) is 95.4 cm³/mol. The molecule has 1 atom stereocenters. The molecule has 0 unspecified atom stereocenters. The van der Waals surface area contributed by atoms with Crippen LogP contribution in [0, 0.1) is 0 Å². The number of aromatic amines is 1. The lowest BCUT2D eigenvalue weighted by Crippen LogP contribution is -2.32. The van der Waals surface area contributed by atoms with Crippen molar-refractivity contribution in [2.45, 2.75) is 25.9 Å². The summed E-state index contributed by atoms with van der Waals surface area (Å²) in [6.45, 7) is 1.98. The number of aromatic nitrogens is 2. The third kappa shape index (κ3) is 5.15. The minimum Gasteiger partial charge on any atom is -0.301 e. The van der Waals surface area contributed by atoms with Crippen LogP contribution in [0.15, 0.2) is 50.6 Å². The van der Waals surface area contributed by atoms with Crippen LogP contribution in [0.2, 0.25) is 0 Å². The summed E-state index contributed by atoms with van der Waals surface area (Å²) in [4.78, 5) is 24.6. The first kappa shape index (κ1) is 18.6. The van der Waals surface area contributed by atoms with Gasteiger partial charge in [-0.25, -0.2) is 17.9 Å². The van der Waals surface area contributed by atoms with Gasteiger partial charge in [0.15, 0.2) is 0 Å². The van der Waals surface area contributed by atoms with E-state index in [1.165, 1.54) is 16.8 Å². The first-order chi connectivity index (χ1) is 11.3. The Balaban J connectivity index is 1.95. The van der Waals surface area contributed by atoms with Crippen LogP contribution in [0.3, 0.4) is 0 Å². The second-order valence-electron chi connectivity index (χ2n) is 5.34. The quantitative estimate of drug-likeness (QED) is 0.712. The van der Waals surface area contributed by atoms with E-state index in [0.717, 1.165) is 10.0 Å². The molecule has 2 aromatic rings. The maximum Gasteiger partial charge on any atom is 0.328 e. The summed E-state index contributed by atoms with van der Waals surface area (Å²) in [5, 5.41) is 0. The largest absolute Gasteiger partial charge is 0.328 e. The smallest absolute Gasteiger partial charge is 0.301 e. The lowest BCUT2D eigenvalue weighted by molar-refractivity contribution is 0.555. The van der Waals surface area contributed by atoms with Crippen LogP contribution < -0.4 is 16.0 Å². The van der Waals surface area contributed by atoms with Crippen LogP contribution in [0.4, 0.5) is 0 Å². The molecule has 0 saturated heterocycles. The van der Waals surface area contributed by atoms with Gasteiger partial charge in [-0.3, -0.25) is 9.78 Å². The molecule has 130 valence electrons. The molecule has 0 fully saturated rings. The van der Waals surface area contributed by atoms with Crippen molar-refractivity contribution < 1.29 is 8.42 Å². The van der Waals surface area contributed by atoms with Gasteiger partial charge in [-0.15, -0.1) is 0 Å².